The van der Waals surface area contributed by atoms with E-state index in [-0.39, 0.29) is 25.2 Å². The number of halogens is 1. The zero-order valence-electron chi connectivity index (χ0n) is 10.8. The summed E-state index contributed by atoms with van der Waals surface area (Å²) in [5, 5.41) is 11.7. The number of carboxylic acids is 1. The number of rotatable bonds is 4. The number of hydrogen-bond acceptors (Lipinski definition) is 4. The summed E-state index contributed by atoms with van der Waals surface area (Å²) in [6.07, 6.45) is 1.91. The van der Waals surface area contributed by atoms with Crippen LogP contribution in [0.4, 0.5) is 4.39 Å². The molecule has 0 radical (unpaired) electrons. The second-order valence-electron chi connectivity index (χ2n) is 4.49. The molecule has 0 spiro atoms. The first-order valence-electron chi connectivity index (χ1n) is 5.96. The summed E-state index contributed by atoms with van der Waals surface area (Å²) in [5.41, 5.74) is -1.17. The minimum atomic E-state index is -1.40. The van der Waals surface area contributed by atoms with Gasteiger partial charge >= 0.3 is 5.97 Å². The highest BCUT2D eigenvalue weighted by molar-refractivity contribution is 7.98. The van der Waals surface area contributed by atoms with E-state index in [0.29, 0.717) is 4.90 Å². The van der Waals surface area contributed by atoms with Crippen LogP contribution in [-0.4, -0.2) is 42.0 Å². The van der Waals surface area contributed by atoms with Crippen molar-refractivity contribution in [2.45, 2.75) is 16.9 Å². The summed E-state index contributed by atoms with van der Waals surface area (Å²) in [6, 6.07) is 3.93. The number of nitrogens with one attached hydrogen (secondary N) is 1. The van der Waals surface area contributed by atoms with Crippen molar-refractivity contribution in [1.82, 2.24) is 5.32 Å². The molecule has 108 valence electrons. The Bertz CT molecular complexity index is 543. The van der Waals surface area contributed by atoms with Gasteiger partial charge in [-0.2, -0.15) is 0 Å². The molecule has 1 unspecified atom stereocenters. The van der Waals surface area contributed by atoms with Crippen LogP contribution < -0.4 is 5.32 Å². The van der Waals surface area contributed by atoms with Gasteiger partial charge in [-0.25, -0.2) is 9.18 Å². The Morgan fingerprint density at radius 2 is 2.25 bits per heavy atom. The predicted octanol–water partition coefficient (Wildman–Crippen LogP) is 1.52. The van der Waals surface area contributed by atoms with Crippen molar-refractivity contribution in [3.8, 4) is 0 Å². The minimum absolute atomic E-state index is 0.0648. The van der Waals surface area contributed by atoms with E-state index < -0.39 is 23.2 Å². The van der Waals surface area contributed by atoms with Crippen LogP contribution in [0.15, 0.2) is 23.1 Å². The van der Waals surface area contributed by atoms with Crippen LogP contribution in [0.2, 0.25) is 0 Å². The summed E-state index contributed by atoms with van der Waals surface area (Å²) < 4.78 is 18.4. The minimum Gasteiger partial charge on any atom is -0.479 e. The lowest BCUT2D eigenvalue weighted by atomic mass is 9.98. The van der Waals surface area contributed by atoms with E-state index >= 15 is 0 Å². The van der Waals surface area contributed by atoms with E-state index in [0.717, 1.165) is 0 Å². The molecule has 1 fully saturated rings. The van der Waals surface area contributed by atoms with Gasteiger partial charge in [0.1, 0.15) is 5.82 Å². The highest BCUT2D eigenvalue weighted by Crippen LogP contribution is 2.23. The maximum atomic E-state index is 13.4. The number of thioether (sulfide) groups is 1. The van der Waals surface area contributed by atoms with Crippen molar-refractivity contribution in [3.05, 3.63) is 29.6 Å². The first-order chi connectivity index (χ1) is 9.48. The molecule has 1 aliphatic rings. The standard InChI is InChI=1S/C13H14FNO4S/c1-20-10-6-8(2-3-9(10)14)11(16)15-13(12(17)18)4-5-19-7-13/h2-3,6H,4-5,7H2,1H3,(H,15,16)(H,17,18). The molecule has 0 aliphatic carbocycles. The van der Waals surface area contributed by atoms with Crippen molar-refractivity contribution >= 4 is 23.6 Å². The molecule has 1 aliphatic heterocycles. The molecule has 0 bridgehead atoms. The van der Waals surface area contributed by atoms with Crippen molar-refractivity contribution in [2.24, 2.45) is 0 Å². The Hall–Kier alpha value is -1.60. The van der Waals surface area contributed by atoms with Gasteiger partial charge in [0.15, 0.2) is 5.54 Å². The molecule has 20 heavy (non-hydrogen) atoms. The smallest absolute Gasteiger partial charge is 0.331 e. The summed E-state index contributed by atoms with van der Waals surface area (Å²) in [4.78, 5) is 23.8. The van der Waals surface area contributed by atoms with E-state index in [4.69, 9.17) is 4.74 Å². The average Bonchev–Trinajstić information content (AvgIpc) is 2.89. The fraction of sp³-hybridized carbons (Fsp3) is 0.385. The summed E-state index contributed by atoms with van der Waals surface area (Å²) in [5.74, 6) is -2.09. The van der Waals surface area contributed by atoms with Gasteiger partial charge in [0, 0.05) is 23.5 Å². The van der Waals surface area contributed by atoms with E-state index in [1.54, 1.807) is 6.26 Å². The van der Waals surface area contributed by atoms with Crippen LogP contribution in [0.25, 0.3) is 0 Å². The Morgan fingerprint density at radius 3 is 2.80 bits per heavy atom. The lowest BCUT2D eigenvalue weighted by Crippen LogP contribution is -2.55. The van der Waals surface area contributed by atoms with Crippen LogP contribution in [0, 0.1) is 5.82 Å². The number of carbonyl (C=O) groups is 2. The molecule has 1 saturated heterocycles. The monoisotopic (exact) mass is 299 g/mol. The molecule has 1 atom stereocenters. The van der Waals surface area contributed by atoms with Crippen LogP contribution in [-0.2, 0) is 9.53 Å². The third-order valence-corrected chi connectivity index (χ3v) is 3.95. The SMILES string of the molecule is CSc1cc(C(=O)NC2(C(=O)O)CCOC2)ccc1F. The van der Waals surface area contributed by atoms with Crippen LogP contribution in [0.5, 0.6) is 0 Å². The molecule has 2 rings (SSSR count). The van der Waals surface area contributed by atoms with E-state index in [2.05, 4.69) is 5.32 Å². The molecule has 1 aromatic rings. The van der Waals surface area contributed by atoms with E-state index in [1.165, 1.54) is 30.0 Å². The number of aliphatic carboxylic acids is 1. The average molecular weight is 299 g/mol. The molecule has 1 aromatic carbocycles. The molecule has 7 heteroatoms. The first-order valence-corrected chi connectivity index (χ1v) is 7.18. The number of ether oxygens (including phenoxy) is 1. The van der Waals surface area contributed by atoms with Crippen LogP contribution >= 0.6 is 11.8 Å². The predicted molar refractivity (Wildman–Crippen MR) is 71.5 cm³/mol. The Kier molecular flexibility index (Phi) is 4.29. The fourth-order valence-corrected chi connectivity index (χ4v) is 2.48. The molecule has 1 heterocycles. The molecule has 1 amide bonds. The van der Waals surface area contributed by atoms with Gasteiger partial charge in [0.2, 0.25) is 0 Å². The van der Waals surface area contributed by atoms with Crippen LogP contribution in [0.1, 0.15) is 16.8 Å². The number of benzene rings is 1. The number of carbonyl (C=O) groups excluding carboxylic acids is 1. The van der Waals surface area contributed by atoms with Gasteiger partial charge in [-0.3, -0.25) is 4.79 Å². The normalized spacial score (nSPS) is 21.7. The van der Waals surface area contributed by atoms with Gasteiger partial charge in [-0.05, 0) is 24.5 Å². The number of hydrogen-bond donors (Lipinski definition) is 2. The van der Waals surface area contributed by atoms with Crippen molar-refractivity contribution in [1.29, 1.82) is 0 Å². The van der Waals surface area contributed by atoms with E-state index in [9.17, 15) is 19.1 Å². The second-order valence-corrected chi connectivity index (χ2v) is 5.34. The lowest BCUT2D eigenvalue weighted by molar-refractivity contribution is -0.144. The lowest BCUT2D eigenvalue weighted by Gasteiger charge is -2.23. The molecule has 5 nitrogen and oxygen atoms in total. The Balaban J connectivity index is 2.21. The van der Waals surface area contributed by atoms with Crippen molar-refractivity contribution in [3.63, 3.8) is 0 Å². The van der Waals surface area contributed by atoms with Gasteiger partial charge < -0.3 is 15.2 Å². The van der Waals surface area contributed by atoms with E-state index in [1.807, 2.05) is 0 Å². The fourth-order valence-electron chi connectivity index (χ4n) is 1.98. The largest absolute Gasteiger partial charge is 0.479 e. The highest BCUT2D eigenvalue weighted by Gasteiger charge is 2.44. The Labute approximate surface area is 119 Å². The maximum absolute atomic E-state index is 13.4. The summed E-state index contributed by atoms with van der Waals surface area (Å²) >= 11 is 1.18. The number of amides is 1. The zero-order valence-corrected chi connectivity index (χ0v) is 11.6. The van der Waals surface area contributed by atoms with Gasteiger partial charge in [-0.1, -0.05) is 0 Å². The van der Waals surface area contributed by atoms with Gasteiger partial charge in [0.05, 0.1) is 6.61 Å². The summed E-state index contributed by atoms with van der Waals surface area (Å²) in [6.45, 7) is 0.219. The third kappa shape index (κ3) is 2.78. The zero-order chi connectivity index (χ0) is 14.8. The topological polar surface area (TPSA) is 75.6 Å². The summed E-state index contributed by atoms with van der Waals surface area (Å²) in [7, 11) is 0. The molecular weight excluding hydrogens is 285 g/mol. The van der Waals surface area contributed by atoms with Crippen molar-refractivity contribution in [2.75, 3.05) is 19.5 Å². The molecular formula is C13H14FNO4S. The number of carboxylic acid groups (broad SMARTS) is 1. The maximum Gasteiger partial charge on any atom is 0.331 e. The van der Waals surface area contributed by atoms with Crippen LogP contribution in [0.3, 0.4) is 0 Å². The van der Waals surface area contributed by atoms with Crippen molar-refractivity contribution < 1.29 is 23.8 Å². The van der Waals surface area contributed by atoms with Gasteiger partial charge in [-0.15, -0.1) is 11.8 Å². The second kappa shape index (κ2) is 5.80. The molecule has 0 saturated carbocycles. The highest BCUT2D eigenvalue weighted by atomic mass is 32.2. The quantitative estimate of drug-likeness (QED) is 0.825. The first kappa shape index (κ1) is 14.8. The van der Waals surface area contributed by atoms with Gasteiger partial charge in [0.25, 0.3) is 5.91 Å². The molecule has 2 N–H and O–H groups in total. The Morgan fingerprint density at radius 1 is 1.50 bits per heavy atom. The third-order valence-electron chi connectivity index (χ3n) is 3.20. The molecule has 0 aromatic heterocycles.